The lowest BCUT2D eigenvalue weighted by atomic mass is 9.87. The van der Waals surface area contributed by atoms with Gasteiger partial charge < -0.3 is 4.74 Å². The highest BCUT2D eigenvalue weighted by atomic mass is 19.1. The van der Waals surface area contributed by atoms with E-state index in [0.717, 1.165) is 12.0 Å². The molecular formula is C16H25FO. The lowest BCUT2D eigenvalue weighted by molar-refractivity contribution is 0.235. The van der Waals surface area contributed by atoms with E-state index >= 15 is 0 Å². The van der Waals surface area contributed by atoms with Crippen molar-refractivity contribution in [3.8, 4) is 5.75 Å². The summed E-state index contributed by atoms with van der Waals surface area (Å²) in [7, 11) is 0. The summed E-state index contributed by atoms with van der Waals surface area (Å²) >= 11 is 0. The molecule has 0 radical (unpaired) electrons. The second-order valence-electron chi connectivity index (χ2n) is 7.05. The third-order valence-corrected chi connectivity index (χ3v) is 2.91. The van der Waals surface area contributed by atoms with Gasteiger partial charge in [-0.1, -0.05) is 47.6 Å². The van der Waals surface area contributed by atoms with Crippen molar-refractivity contribution in [1.29, 1.82) is 0 Å². The highest BCUT2D eigenvalue weighted by Gasteiger charge is 2.17. The molecule has 0 amide bonds. The van der Waals surface area contributed by atoms with Crippen LogP contribution in [0.15, 0.2) is 18.2 Å². The Morgan fingerprint density at radius 1 is 1.06 bits per heavy atom. The fraction of sp³-hybridized carbons (Fsp3) is 0.625. The summed E-state index contributed by atoms with van der Waals surface area (Å²) in [6.07, 6.45) is 0.909. The summed E-state index contributed by atoms with van der Waals surface area (Å²) in [5, 5.41) is 0. The second kappa shape index (κ2) is 5.29. The third kappa shape index (κ3) is 4.67. The number of hydrogen-bond acceptors (Lipinski definition) is 1. The van der Waals surface area contributed by atoms with E-state index in [1.807, 2.05) is 12.1 Å². The van der Waals surface area contributed by atoms with Crippen molar-refractivity contribution in [3.05, 3.63) is 29.6 Å². The van der Waals surface area contributed by atoms with E-state index in [1.54, 1.807) is 0 Å². The first-order chi connectivity index (χ1) is 8.09. The molecule has 0 heterocycles. The van der Waals surface area contributed by atoms with E-state index in [1.165, 1.54) is 6.07 Å². The molecule has 0 aromatic heterocycles. The van der Waals surface area contributed by atoms with Gasteiger partial charge in [0, 0.05) is 0 Å². The molecule has 18 heavy (non-hydrogen) atoms. The molecule has 0 saturated carbocycles. The van der Waals surface area contributed by atoms with Crippen LogP contribution in [0, 0.1) is 11.2 Å². The molecule has 1 nitrogen and oxygen atoms in total. The summed E-state index contributed by atoms with van der Waals surface area (Å²) in [6, 6.07) is 5.14. The predicted octanol–water partition coefficient (Wildman–Crippen LogP) is 4.94. The predicted molar refractivity (Wildman–Crippen MR) is 74.7 cm³/mol. The standard InChI is InChI=1S/C16H25FO/c1-15(2,3)9-10-18-14-11-12(16(4,5)6)7-8-13(14)17/h7-8,11H,9-10H2,1-6H3. The van der Waals surface area contributed by atoms with Gasteiger partial charge in [-0.2, -0.15) is 0 Å². The van der Waals surface area contributed by atoms with Crippen molar-refractivity contribution in [2.45, 2.75) is 53.4 Å². The van der Waals surface area contributed by atoms with E-state index in [9.17, 15) is 4.39 Å². The van der Waals surface area contributed by atoms with E-state index in [4.69, 9.17) is 4.74 Å². The van der Waals surface area contributed by atoms with Gasteiger partial charge in [-0.15, -0.1) is 0 Å². The Balaban J connectivity index is 2.76. The first kappa shape index (κ1) is 15.0. The summed E-state index contributed by atoms with van der Waals surface area (Å²) in [6.45, 7) is 13.3. The van der Waals surface area contributed by atoms with Crippen molar-refractivity contribution in [2.24, 2.45) is 5.41 Å². The molecule has 0 saturated heterocycles. The topological polar surface area (TPSA) is 9.23 Å². The van der Waals surface area contributed by atoms with Crippen LogP contribution < -0.4 is 4.74 Å². The van der Waals surface area contributed by atoms with Gasteiger partial charge in [0.05, 0.1) is 6.61 Å². The smallest absolute Gasteiger partial charge is 0.165 e. The summed E-state index contributed by atoms with van der Waals surface area (Å²) < 4.78 is 19.2. The Morgan fingerprint density at radius 3 is 2.17 bits per heavy atom. The quantitative estimate of drug-likeness (QED) is 0.740. The van der Waals surface area contributed by atoms with Gasteiger partial charge >= 0.3 is 0 Å². The molecule has 0 aliphatic rings. The monoisotopic (exact) mass is 252 g/mol. The number of ether oxygens (including phenoxy) is 1. The summed E-state index contributed by atoms with van der Waals surface area (Å²) in [5.41, 5.74) is 1.31. The van der Waals surface area contributed by atoms with Crippen molar-refractivity contribution in [3.63, 3.8) is 0 Å². The largest absolute Gasteiger partial charge is 0.490 e. The molecule has 1 aromatic rings. The van der Waals surface area contributed by atoms with E-state index in [0.29, 0.717) is 12.4 Å². The molecule has 0 aliphatic heterocycles. The van der Waals surface area contributed by atoms with Crippen LogP contribution in [0.25, 0.3) is 0 Å². The van der Waals surface area contributed by atoms with E-state index in [-0.39, 0.29) is 16.6 Å². The molecule has 1 aromatic carbocycles. The number of benzene rings is 1. The first-order valence-electron chi connectivity index (χ1n) is 6.52. The zero-order chi connectivity index (χ0) is 14.0. The number of hydrogen-bond donors (Lipinski definition) is 0. The third-order valence-electron chi connectivity index (χ3n) is 2.91. The van der Waals surface area contributed by atoms with Crippen molar-refractivity contribution in [2.75, 3.05) is 6.61 Å². The fourth-order valence-electron chi connectivity index (χ4n) is 1.55. The van der Waals surface area contributed by atoms with Crippen LogP contribution in [-0.2, 0) is 5.41 Å². The van der Waals surface area contributed by atoms with Crippen molar-refractivity contribution < 1.29 is 9.13 Å². The van der Waals surface area contributed by atoms with Gasteiger partial charge in [0.15, 0.2) is 11.6 Å². The number of halogens is 1. The van der Waals surface area contributed by atoms with E-state index < -0.39 is 0 Å². The summed E-state index contributed by atoms with van der Waals surface area (Å²) in [5.74, 6) is 0.0867. The molecule has 0 fully saturated rings. The molecule has 0 spiro atoms. The molecule has 0 N–H and O–H groups in total. The lowest BCUT2D eigenvalue weighted by Crippen LogP contribution is -2.13. The van der Waals surface area contributed by atoms with Crippen LogP contribution in [0.5, 0.6) is 5.75 Å². The Bertz CT molecular complexity index is 397. The average molecular weight is 252 g/mol. The SMILES string of the molecule is CC(C)(C)CCOc1cc(C(C)(C)C)ccc1F. The Labute approximate surface area is 110 Å². The Morgan fingerprint density at radius 2 is 1.67 bits per heavy atom. The lowest BCUT2D eigenvalue weighted by Gasteiger charge is -2.21. The van der Waals surface area contributed by atoms with Crippen molar-refractivity contribution >= 4 is 0 Å². The Kier molecular flexibility index (Phi) is 4.41. The summed E-state index contributed by atoms with van der Waals surface area (Å²) in [4.78, 5) is 0. The molecule has 0 bridgehead atoms. The van der Waals surface area contributed by atoms with Crippen LogP contribution in [0.2, 0.25) is 0 Å². The van der Waals surface area contributed by atoms with Gasteiger partial charge in [0.25, 0.3) is 0 Å². The van der Waals surface area contributed by atoms with Crippen LogP contribution in [0.4, 0.5) is 4.39 Å². The maximum atomic E-state index is 13.7. The molecule has 102 valence electrons. The van der Waals surface area contributed by atoms with Gasteiger partial charge in [0.2, 0.25) is 0 Å². The Hall–Kier alpha value is -1.05. The molecule has 0 unspecified atom stereocenters. The first-order valence-corrected chi connectivity index (χ1v) is 6.52. The van der Waals surface area contributed by atoms with Crippen LogP contribution >= 0.6 is 0 Å². The molecule has 0 atom stereocenters. The zero-order valence-corrected chi connectivity index (χ0v) is 12.4. The fourth-order valence-corrected chi connectivity index (χ4v) is 1.55. The molecular weight excluding hydrogens is 227 g/mol. The maximum absolute atomic E-state index is 13.7. The normalized spacial score (nSPS) is 12.6. The zero-order valence-electron chi connectivity index (χ0n) is 12.4. The minimum atomic E-state index is -0.281. The molecule has 1 rings (SSSR count). The highest BCUT2D eigenvalue weighted by Crippen LogP contribution is 2.28. The van der Waals surface area contributed by atoms with Crippen LogP contribution in [0.3, 0.4) is 0 Å². The van der Waals surface area contributed by atoms with Crippen molar-refractivity contribution in [1.82, 2.24) is 0 Å². The van der Waals surface area contributed by atoms with Gasteiger partial charge in [0.1, 0.15) is 0 Å². The molecule has 0 aliphatic carbocycles. The minimum absolute atomic E-state index is 0.00976. The van der Waals surface area contributed by atoms with Crippen LogP contribution in [-0.4, -0.2) is 6.61 Å². The minimum Gasteiger partial charge on any atom is -0.490 e. The van der Waals surface area contributed by atoms with Gasteiger partial charge in [-0.3, -0.25) is 0 Å². The van der Waals surface area contributed by atoms with E-state index in [2.05, 4.69) is 41.5 Å². The molecule has 2 heteroatoms. The van der Waals surface area contributed by atoms with Gasteiger partial charge in [-0.25, -0.2) is 4.39 Å². The number of rotatable bonds is 3. The maximum Gasteiger partial charge on any atom is 0.165 e. The second-order valence-corrected chi connectivity index (χ2v) is 7.05. The van der Waals surface area contributed by atoms with Gasteiger partial charge in [-0.05, 0) is 34.9 Å². The average Bonchev–Trinajstić information content (AvgIpc) is 2.17. The highest BCUT2D eigenvalue weighted by molar-refractivity contribution is 5.34. The van der Waals surface area contributed by atoms with Crippen LogP contribution in [0.1, 0.15) is 53.5 Å².